The standard InChI is InChI=1S/C13H16ClN3O/c1-17-11(12(14)16-13(17)15)8-5-9-3-6-10(18-2)7-4-9/h3-4,6-7H,5,8H2,1-2H3,(H2,15,16). The highest BCUT2D eigenvalue weighted by molar-refractivity contribution is 6.30. The van der Waals surface area contributed by atoms with Crippen LogP contribution in [0.15, 0.2) is 24.3 Å². The van der Waals surface area contributed by atoms with E-state index in [1.807, 2.05) is 35.9 Å². The summed E-state index contributed by atoms with van der Waals surface area (Å²) in [6, 6.07) is 8.00. The maximum Gasteiger partial charge on any atom is 0.201 e. The summed E-state index contributed by atoms with van der Waals surface area (Å²) >= 11 is 6.03. The lowest BCUT2D eigenvalue weighted by Crippen LogP contribution is -2.03. The molecule has 1 aromatic carbocycles. The number of ether oxygens (including phenoxy) is 1. The van der Waals surface area contributed by atoms with Crippen molar-refractivity contribution in [3.05, 3.63) is 40.7 Å². The lowest BCUT2D eigenvalue weighted by molar-refractivity contribution is 0.414. The molecule has 2 N–H and O–H groups in total. The number of halogens is 1. The van der Waals surface area contributed by atoms with Gasteiger partial charge in [-0.2, -0.15) is 0 Å². The maximum absolute atomic E-state index is 6.03. The first-order chi connectivity index (χ1) is 8.61. The van der Waals surface area contributed by atoms with Crippen LogP contribution in [0.25, 0.3) is 0 Å². The molecule has 18 heavy (non-hydrogen) atoms. The first kappa shape index (κ1) is 12.8. The predicted molar refractivity (Wildman–Crippen MR) is 73.0 cm³/mol. The molecule has 0 spiro atoms. The number of aryl methyl sites for hydroxylation is 1. The van der Waals surface area contributed by atoms with Crippen LogP contribution in [0.3, 0.4) is 0 Å². The number of nitrogens with two attached hydrogens (primary N) is 1. The van der Waals surface area contributed by atoms with Crippen LogP contribution in [0.5, 0.6) is 5.75 Å². The molecule has 0 unspecified atom stereocenters. The van der Waals surface area contributed by atoms with Gasteiger partial charge in [-0.3, -0.25) is 0 Å². The van der Waals surface area contributed by atoms with Crippen molar-refractivity contribution in [2.24, 2.45) is 7.05 Å². The summed E-state index contributed by atoms with van der Waals surface area (Å²) in [6.45, 7) is 0. The molecule has 0 saturated carbocycles. The van der Waals surface area contributed by atoms with Gasteiger partial charge >= 0.3 is 0 Å². The maximum atomic E-state index is 6.03. The Bertz CT molecular complexity index is 534. The topological polar surface area (TPSA) is 53.1 Å². The molecular formula is C13H16ClN3O. The van der Waals surface area contributed by atoms with E-state index < -0.39 is 0 Å². The molecule has 0 aliphatic rings. The van der Waals surface area contributed by atoms with Gasteiger partial charge in [-0.1, -0.05) is 23.7 Å². The van der Waals surface area contributed by atoms with Crippen LogP contribution < -0.4 is 10.5 Å². The Labute approximate surface area is 111 Å². The third-order valence-corrected chi connectivity index (χ3v) is 3.31. The van der Waals surface area contributed by atoms with Crippen LogP contribution in [-0.4, -0.2) is 16.7 Å². The summed E-state index contributed by atoms with van der Waals surface area (Å²) in [5, 5.41) is 0.489. The number of anilines is 1. The van der Waals surface area contributed by atoms with Crippen molar-refractivity contribution in [2.75, 3.05) is 12.8 Å². The molecule has 1 aromatic heterocycles. The van der Waals surface area contributed by atoms with E-state index in [9.17, 15) is 0 Å². The molecule has 0 saturated heterocycles. The molecule has 0 aliphatic carbocycles. The Morgan fingerprint density at radius 3 is 2.44 bits per heavy atom. The van der Waals surface area contributed by atoms with Crippen molar-refractivity contribution in [2.45, 2.75) is 12.8 Å². The zero-order valence-electron chi connectivity index (χ0n) is 10.5. The van der Waals surface area contributed by atoms with Gasteiger partial charge in [0.1, 0.15) is 5.75 Å². The summed E-state index contributed by atoms with van der Waals surface area (Å²) in [7, 11) is 3.53. The zero-order valence-corrected chi connectivity index (χ0v) is 11.2. The smallest absolute Gasteiger partial charge is 0.201 e. The fourth-order valence-electron chi connectivity index (χ4n) is 1.84. The Morgan fingerprint density at radius 1 is 1.28 bits per heavy atom. The number of nitrogens with zero attached hydrogens (tertiary/aromatic N) is 2. The molecule has 0 amide bonds. The van der Waals surface area contributed by atoms with Gasteiger partial charge in [0.25, 0.3) is 0 Å². The van der Waals surface area contributed by atoms with Crippen molar-refractivity contribution < 1.29 is 4.74 Å². The van der Waals surface area contributed by atoms with Gasteiger partial charge in [0.05, 0.1) is 12.8 Å². The van der Waals surface area contributed by atoms with Crippen LogP contribution in [-0.2, 0) is 19.9 Å². The van der Waals surface area contributed by atoms with Gasteiger partial charge < -0.3 is 15.0 Å². The Balaban J connectivity index is 2.06. The van der Waals surface area contributed by atoms with Gasteiger partial charge in [0.15, 0.2) is 5.15 Å². The van der Waals surface area contributed by atoms with E-state index in [-0.39, 0.29) is 0 Å². The largest absolute Gasteiger partial charge is 0.497 e. The third kappa shape index (κ3) is 2.59. The van der Waals surface area contributed by atoms with Crippen molar-refractivity contribution in [3.63, 3.8) is 0 Å². The molecular weight excluding hydrogens is 250 g/mol. The van der Waals surface area contributed by atoms with Crippen molar-refractivity contribution in [1.82, 2.24) is 9.55 Å². The monoisotopic (exact) mass is 265 g/mol. The molecule has 0 fully saturated rings. The molecule has 0 atom stereocenters. The molecule has 1 heterocycles. The van der Waals surface area contributed by atoms with Crippen molar-refractivity contribution >= 4 is 17.5 Å². The summed E-state index contributed by atoms with van der Waals surface area (Å²) in [5.41, 5.74) is 7.89. The van der Waals surface area contributed by atoms with Crippen LogP contribution in [0.4, 0.5) is 5.95 Å². The van der Waals surface area contributed by atoms with Crippen LogP contribution in [0.1, 0.15) is 11.3 Å². The lowest BCUT2D eigenvalue weighted by Gasteiger charge is -2.05. The normalized spacial score (nSPS) is 10.6. The molecule has 4 nitrogen and oxygen atoms in total. The molecule has 5 heteroatoms. The molecule has 2 rings (SSSR count). The summed E-state index contributed by atoms with van der Waals surface area (Å²) in [4.78, 5) is 4.04. The Morgan fingerprint density at radius 2 is 1.94 bits per heavy atom. The first-order valence-electron chi connectivity index (χ1n) is 5.71. The van der Waals surface area contributed by atoms with E-state index in [0.717, 1.165) is 24.3 Å². The van der Waals surface area contributed by atoms with Crippen LogP contribution in [0, 0.1) is 0 Å². The van der Waals surface area contributed by atoms with Crippen molar-refractivity contribution in [3.8, 4) is 5.75 Å². The lowest BCUT2D eigenvalue weighted by atomic mass is 10.1. The minimum Gasteiger partial charge on any atom is -0.497 e. The second kappa shape index (κ2) is 5.31. The van der Waals surface area contributed by atoms with E-state index >= 15 is 0 Å². The number of hydrogen-bond acceptors (Lipinski definition) is 3. The first-order valence-corrected chi connectivity index (χ1v) is 6.09. The fraction of sp³-hybridized carbons (Fsp3) is 0.308. The molecule has 0 aliphatic heterocycles. The highest BCUT2D eigenvalue weighted by atomic mass is 35.5. The quantitative estimate of drug-likeness (QED) is 0.924. The number of nitrogen functional groups attached to an aromatic ring is 1. The average molecular weight is 266 g/mol. The van der Waals surface area contributed by atoms with Crippen LogP contribution in [0.2, 0.25) is 5.15 Å². The minimum atomic E-state index is 0.449. The summed E-state index contributed by atoms with van der Waals surface area (Å²) < 4.78 is 6.95. The summed E-state index contributed by atoms with van der Waals surface area (Å²) in [6.07, 6.45) is 1.70. The number of aromatic nitrogens is 2. The Kier molecular flexibility index (Phi) is 3.77. The number of benzene rings is 1. The predicted octanol–water partition coefficient (Wildman–Crippen LogP) is 2.45. The highest BCUT2D eigenvalue weighted by Gasteiger charge is 2.10. The molecule has 96 valence electrons. The van der Waals surface area contributed by atoms with Crippen molar-refractivity contribution in [1.29, 1.82) is 0 Å². The highest BCUT2D eigenvalue weighted by Crippen LogP contribution is 2.20. The molecule has 0 bridgehead atoms. The number of hydrogen-bond donors (Lipinski definition) is 1. The van der Waals surface area contributed by atoms with Gasteiger partial charge in [-0.15, -0.1) is 0 Å². The molecule has 2 aromatic rings. The van der Waals surface area contributed by atoms with Gasteiger partial charge in [-0.25, -0.2) is 4.98 Å². The van der Waals surface area contributed by atoms with Gasteiger partial charge in [0, 0.05) is 7.05 Å². The second-order valence-corrected chi connectivity index (χ2v) is 4.47. The third-order valence-electron chi connectivity index (χ3n) is 3.01. The Hall–Kier alpha value is -1.68. The summed E-state index contributed by atoms with van der Waals surface area (Å²) in [5.74, 6) is 1.31. The van der Waals surface area contributed by atoms with E-state index in [2.05, 4.69) is 4.98 Å². The number of rotatable bonds is 4. The molecule has 0 radical (unpaired) electrons. The average Bonchev–Trinajstić information content (AvgIpc) is 2.62. The SMILES string of the molecule is COc1ccc(CCc2c(Cl)nc(N)n2C)cc1. The second-order valence-electron chi connectivity index (χ2n) is 4.11. The van der Waals surface area contributed by atoms with E-state index in [4.69, 9.17) is 22.1 Å². The van der Waals surface area contributed by atoms with Gasteiger partial charge in [0.2, 0.25) is 5.95 Å². The zero-order chi connectivity index (χ0) is 13.1. The fourth-order valence-corrected chi connectivity index (χ4v) is 2.15. The van der Waals surface area contributed by atoms with E-state index in [0.29, 0.717) is 11.1 Å². The number of methoxy groups -OCH3 is 1. The van der Waals surface area contributed by atoms with Gasteiger partial charge in [-0.05, 0) is 30.5 Å². The van der Waals surface area contributed by atoms with Crippen LogP contribution >= 0.6 is 11.6 Å². The minimum absolute atomic E-state index is 0.449. The van der Waals surface area contributed by atoms with E-state index in [1.54, 1.807) is 7.11 Å². The van der Waals surface area contributed by atoms with E-state index in [1.165, 1.54) is 5.56 Å². The number of imidazole rings is 1.